The van der Waals surface area contributed by atoms with Crippen molar-refractivity contribution in [3.05, 3.63) is 42.0 Å². The lowest BCUT2D eigenvalue weighted by atomic mass is 10.1. The van der Waals surface area contributed by atoms with Crippen LogP contribution < -0.4 is 9.47 Å². The molecule has 2 rings (SSSR count). The number of aromatic nitrogens is 2. The van der Waals surface area contributed by atoms with E-state index in [1.54, 1.807) is 38.6 Å². The van der Waals surface area contributed by atoms with Gasteiger partial charge in [-0.2, -0.15) is 0 Å². The maximum absolute atomic E-state index is 12.5. The maximum atomic E-state index is 12.5. The number of carbonyl (C=O) groups excluding carboxylic acids is 1. The second-order valence-corrected chi connectivity index (χ2v) is 4.34. The Morgan fingerprint density at radius 2 is 2.00 bits per heavy atom. The van der Waals surface area contributed by atoms with Gasteiger partial charge in [0.25, 0.3) is 0 Å². The molecular weight excluding hydrogens is 256 g/mol. The van der Waals surface area contributed by atoms with Gasteiger partial charge in [0.1, 0.15) is 0 Å². The summed E-state index contributed by atoms with van der Waals surface area (Å²) in [7, 11) is 3.11. The molecule has 0 N–H and O–H groups in total. The van der Waals surface area contributed by atoms with Gasteiger partial charge >= 0.3 is 0 Å². The van der Waals surface area contributed by atoms with E-state index in [4.69, 9.17) is 9.47 Å². The predicted octanol–water partition coefficient (Wildman–Crippen LogP) is 2.54. The van der Waals surface area contributed by atoms with Crippen molar-refractivity contribution in [1.82, 2.24) is 9.55 Å². The van der Waals surface area contributed by atoms with Crippen LogP contribution in [0.25, 0.3) is 0 Å². The Labute approximate surface area is 118 Å². The summed E-state index contributed by atoms with van der Waals surface area (Å²) in [5.41, 5.74) is 0.534. The molecule has 0 aliphatic heterocycles. The van der Waals surface area contributed by atoms with E-state index < -0.39 is 0 Å². The molecule has 0 amide bonds. The number of hydrogen-bond donors (Lipinski definition) is 0. The number of ether oxygens (including phenoxy) is 2. The SMILES string of the molecule is CCCn1ccnc1C(=O)c1ccc(OC)c(OC)c1. The van der Waals surface area contributed by atoms with Crippen molar-refractivity contribution in [2.75, 3.05) is 14.2 Å². The number of carbonyl (C=O) groups is 1. The van der Waals surface area contributed by atoms with Crippen LogP contribution in [0.15, 0.2) is 30.6 Å². The van der Waals surface area contributed by atoms with Gasteiger partial charge in [-0.1, -0.05) is 6.92 Å². The summed E-state index contributed by atoms with van der Waals surface area (Å²) in [5.74, 6) is 1.45. The molecule has 5 heteroatoms. The van der Waals surface area contributed by atoms with Crippen LogP contribution in [0.2, 0.25) is 0 Å². The fraction of sp³-hybridized carbons (Fsp3) is 0.333. The van der Waals surface area contributed by atoms with E-state index in [0.29, 0.717) is 22.9 Å². The molecule has 20 heavy (non-hydrogen) atoms. The molecule has 0 saturated heterocycles. The van der Waals surface area contributed by atoms with Gasteiger partial charge in [0.15, 0.2) is 17.3 Å². The number of nitrogens with zero attached hydrogens (tertiary/aromatic N) is 2. The highest BCUT2D eigenvalue weighted by atomic mass is 16.5. The van der Waals surface area contributed by atoms with Gasteiger partial charge < -0.3 is 14.0 Å². The lowest BCUT2D eigenvalue weighted by Gasteiger charge is -2.09. The first-order valence-electron chi connectivity index (χ1n) is 6.49. The average molecular weight is 274 g/mol. The van der Waals surface area contributed by atoms with Crippen molar-refractivity contribution in [2.45, 2.75) is 19.9 Å². The average Bonchev–Trinajstić information content (AvgIpc) is 2.94. The van der Waals surface area contributed by atoms with Crippen LogP contribution >= 0.6 is 0 Å². The van der Waals surface area contributed by atoms with Crippen molar-refractivity contribution in [3.63, 3.8) is 0 Å². The molecule has 106 valence electrons. The molecule has 1 aromatic heterocycles. The van der Waals surface area contributed by atoms with Crippen molar-refractivity contribution in [1.29, 1.82) is 0 Å². The lowest BCUT2D eigenvalue weighted by Crippen LogP contribution is -2.11. The Bertz CT molecular complexity index is 605. The number of methoxy groups -OCH3 is 2. The number of imidazole rings is 1. The third kappa shape index (κ3) is 2.66. The van der Waals surface area contributed by atoms with Gasteiger partial charge in [0.05, 0.1) is 14.2 Å². The minimum absolute atomic E-state index is 0.121. The van der Waals surface area contributed by atoms with Crippen LogP contribution in [0.4, 0.5) is 0 Å². The van der Waals surface area contributed by atoms with E-state index in [9.17, 15) is 4.79 Å². The topological polar surface area (TPSA) is 53.4 Å². The highest BCUT2D eigenvalue weighted by Crippen LogP contribution is 2.28. The summed E-state index contributed by atoms with van der Waals surface area (Å²) in [4.78, 5) is 16.6. The molecule has 0 atom stereocenters. The van der Waals surface area contributed by atoms with Crippen LogP contribution in [-0.2, 0) is 6.54 Å². The third-order valence-electron chi connectivity index (χ3n) is 3.03. The summed E-state index contributed by atoms with van der Waals surface area (Å²) in [6.07, 6.45) is 4.41. The van der Waals surface area contributed by atoms with Crippen LogP contribution in [0.1, 0.15) is 29.5 Å². The monoisotopic (exact) mass is 274 g/mol. The molecule has 0 spiro atoms. The van der Waals surface area contributed by atoms with Crippen molar-refractivity contribution >= 4 is 5.78 Å². The van der Waals surface area contributed by atoms with Gasteiger partial charge in [0.2, 0.25) is 5.78 Å². The van der Waals surface area contributed by atoms with Gasteiger partial charge in [0, 0.05) is 24.5 Å². The molecule has 0 saturated carbocycles. The first kappa shape index (κ1) is 14.1. The van der Waals surface area contributed by atoms with Crippen LogP contribution in [0.3, 0.4) is 0 Å². The zero-order valence-corrected chi connectivity index (χ0v) is 11.9. The molecule has 0 unspecified atom stereocenters. The zero-order valence-electron chi connectivity index (χ0n) is 11.9. The highest BCUT2D eigenvalue weighted by Gasteiger charge is 2.17. The number of rotatable bonds is 6. The molecule has 2 aromatic rings. The van der Waals surface area contributed by atoms with E-state index in [1.165, 1.54) is 0 Å². The Hall–Kier alpha value is -2.30. The Morgan fingerprint density at radius 1 is 1.25 bits per heavy atom. The molecule has 0 bridgehead atoms. The molecule has 0 radical (unpaired) electrons. The van der Waals surface area contributed by atoms with Crippen LogP contribution in [-0.4, -0.2) is 29.6 Å². The molecule has 1 heterocycles. The predicted molar refractivity (Wildman–Crippen MR) is 75.5 cm³/mol. The first-order valence-corrected chi connectivity index (χ1v) is 6.49. The quantitative estimate of drug-likeness (QED) is 0.760. The third-order valence-corrected chi connectivity index (χ3v) is 3.03. The molecule has 0 aliphatic carbocycles. The van der Waals surface area contributed by atoms with Gasteiger partial charge in [-0.25, -0.2) is 4.98 Å². The minimum atomic E-state index is -0.121. The zero-order chi connectivity index (χ0) is 14.5. The largest absolute Gasteiger partial charge is 0.493 e. The van der Waals surface area contributed by atoms with E-state index in [-0.39, 0.29) is 5.78 Å². The summed E-state index contributed by atoms with van der Waals surface area (Å²) < 4.78 is 12.2. The normalized spacial score (nSPS) is 10.3. The number of benzene rings is 1. The van der Waals surface area contributed by atoms with E-state index >= 15 is 0 Å². The summed E-state index contributed by atoms with van der Waals surface area (Å²) in [5, 5.41) is 0. The van der Waals surface area contributed by atoms with Gasteiger partial charge in [-0.05, 0) is 24.6 Å². The van der Waals surface area contributed by atoms with Crippen LogP contribution in [0, 0.1) is 0 Å². The molecular formula is C15H18N2O3. The van der Waals surface area contributed by atoms with Crippen LogP contribution in [0.5, 0.6) is 11.5 Å². The summed E-state index contributed by atoms with van der Waals surface area (Å²) in [6, 6.07) is 5.11. The molecule has 0 fully saturated rings. The van der Waals surface area contributed by atoms with E-state index in [2.05, 4.69) is 11.9 Å². The van der Waals surface area contributed by atoms with Gasteiger partial charge in [-0.3, -0.25) is 4.79 Å². The maximum Gasteiger partial charge on any atom is 0.228 e. The summed E-state index contributed by atoms with van der Waals surface area (Å²) >= 11 is 0. The highest BCUT2D eigenvalue weighted by molar-refractivity contribution is 6.07. The molecule has 5 nitrogen and oxygen atoms in total. The van der Waals surface area contributed by atoms with Crippen molar-refractivity contribution in [3.8, 4) is 11.5 Å². The number of aryl methyl sites for hydroxylation is 1. The van der Waals surface area contributed by atoms with Gasteiger partial charge in [-0.15, -0.1) is 0 Å². The molecule has 1 aromatic carbocycles. The standard InChI is InChI=1S/C15H18N2O3/c1-4-8-17-9-7-16-15(17)14(18)11-5-6-12(19-2)13(10-11)20-3/h5-7,9-10H,4,8H2,1-3H3. The van der Waals surface area contributed by atoms with Crippen molar-refractivity contribution in [2.24, 2.45) is 0 Å². The number of hydrogen-bond acceptors (Lipinski definition) is 4. The van der Waals surface area contributed by atoms with E-state index in [1.807, 2.05) is 10.8 Å². The second kappa shape index (κ2) is 6.23. The summed E-state index contributed by atoms with van der Waals surface area (Å²) in [6.45, 7) is 2.83. The second-order valence-electron chi connectivity index (χ2n) is 4.34. The Morgan fingerprint density at radius 3 is 2.65 bits per heavy atom. The van der Waals surface area contributed by atoms with Crippen molar-refractivity contribution < 1.29 is 14.3 Å². The minimum Gasteiger partial charge on any atom is -0.493 e. The molecule has 0 aliphatic rings. The Balaban J connectivity index is 2.35. The fourth-order valence-electron chi connectivity index (χ4n) is 2.05. The van der Waals surface area contributed by atoms with E-state index in [0.717, 1.165) is 13.0 Å². The first-order chi connectivity index (χ1) is 9.71. The smallest absolute Gasteiger partial charge is 0.228 e. The fourth-order valence-corrected chi connectivity index (χ4v) is 2.05. The number of ketones is 1. The lowest BCUT2D eigenvalue weighted by molar-refractivity contribution is 0.102. The Kier molecular flexibility index (Phi) is 4.40.